The number of thiophene rings is 1. The van der Waals surface area contributed by atoms with Gasteiger partial charge in [-0.15, -0.1) is 11.3 Å². The molecule has 0 bridgehead atoms. The van der Waals surface area contributed by atoms with Crippen LogP contribution in [0.2, 0.25) is 0 Å². The third-order valence-corrected chi connectivity index (χ3v) is 5.31. The molecule has 126 valence electrons. The third-order valence-electron chi connectivity index (χ3n) is 4.31. The number of nitrogens with zero attached hydrogens (tertiary/aromatic N) is 1. The Morgan fingerprint density at radius 1 is 1.33 bits per heavy atom. The summed E-state index contributed by atoms with van der Waals surface area (Å²) in [7, 11) is 0. The number of carbonyl (C=O) groups excluding carboxylic acids is 1. The second-order valence-corrected chi connectivity index (χ2v) is 7.94. The minimum Gasteiger partial charge on any atom is -0.380 e. The number of hydrogen-bond donors (Lipinski definition) is 1. The fourth-order valence-corrected chi connectivity index (χ4v) is 3.87. The van der Waals surface area contributed by atoms with E-state index >= 15 is 0 Å². The van der Waals surface area contributed by atoms with Crippen molar-refractivity contribution in [3.05, 3.63) is 63.9 Å². The summed E-state index contributed by atoms with van der Waals surface area (Å²) in [6, 6.07) is 12.3. The van der Waals surface area contributed by atoms with Gasteiger partial charge in [0.2, 0.25) is 0 Å². The van der Waals surface area contributed by atoms with Gasteiger partial charge in [0.15, 0.2) is 0 Å². The molecule has 24 heavy (non-hydrogen) atoms. The fraction of sp³-hybridized carbons (Fsp3) is 0.350. The minimum atomic E-state index is 0.106. The van der Waals surface area contributed by atoms with Gasteiger partial charge >= 0.3 is 0 Å². The van der Waals surface area contributed by atoms with Crippen LogP contribution in [0.1, 0.15) is 34.0 Å². The molecule has 1 atom stereocenters. The van der Waals surface area contributed by atoms with Gasteiger partial charge in [-0.2, -0.15) is 0 Å². The minimum absolute atomic E-state index is 0.106. The first-order valence-electron chi connectivity index (χ1n) is 8.41. The van der Waals surface area contributed by atoms with E-state index in [-0.39, 0.29) is 11.9 Å². The van der Waals surface area contributed by atoms with Crippen molar-refractivity contribution in [3.63, 3.8) is 0 Å². The van der Waals surface area contributed by atoms with Gasteiger partial charge in [-0.25, -0.2) is 0 Å². The second-order valence-electron chi connectivity index (χ2n) is 6.57. The fourth-order valence-electron chi connectivity index (χ4n) is 3.04. The maximum atomic E-state index is 12.9. The molecule has 1 aliphatic heterocycles. The summed E-state index contributed by atoms with van der Waals surface area (Å²) in [6.45, 7) is 7.91. The van der Waals surface area contributed by atoms with E-state index in [1.807, 2.05) is 29.2 Å². The maximum Gasteiger partial charge on any atom is 0.254 e. The van der Waals surface area contributed by atoms with Crippen LogP contribution in [0.3, 0.4) is 0 Å². The Labute approximate surface area is 148 Å². The monoisotopic (exact) mass is 340 g/mol. The van der Waals surface area contributed by atoms with E-state index in [1.165, 1.54) is 9.75 Å². The Morgan fingerprint density at radius 2 is 2.17 bits per heavy atom. The Bertz CT molecular complexity index is 748. The average molecular weight is 340 g/mol. The highest BCUT2D eigenvalue weighted by atomic mass is 32.1. The summed E-state index contributed by atoms with van der Waals surface area (Å²) in [6.07, 6.45) is 4.23. The summed E-state index contributed by atoms with van der Waals surface area (Å²) < 4.78 is 0. The molecule has 1 aromatic heterocycles. The van der Waals surface area contributed by atoms with Gasteiger partial charge in [0.05, 0.1) is 6.04 Å². The molecule has 0 saturated heterocycles. The Hall–Kier alpha value is -2.07. The van der Waals surface area contributed by atoms with Crippen molar-refractivity contribution in [1.82, 2.24) is 4.90 Å². The van der Waals surface area contributed by atoms with E-state index in [9.17, 15) is 4.79 Å². The number of rotatable bonds is 5. The van der Waals surface area contributed by atoms with Crippen molar-refractivity contribution in [2.45, 2.75) is 33.4 Å². The van der Waals surface area contributed by atoms with E-state index in [0.29, 0.717) is 12.5 Å². The highest BCUT2D eigenvalue weighted by Gasteiger charge is 2.27. The molecule has 3 nitrogen and oxygen atoms in total. The molecule has 0 spiro atoms. The smallest absolute Gasteiger partial charge is 0.254 e. The van der Waals surface area contributed by atoms with Crippen LogP contribution < -0.4 is 5.32 Å². The zero-order valence-corrected chi connectivity index (χ0v) is 15.3. The first-order valence-corrected chi connectivity index (χ1v) is 9.23. The molecule has 2 heterocycles. The van der Waals surface area contributed by atoms with Gasteiger partial charge in [0, 0.05) is 34.1 Å². The van der Waals surface area contributed by atoms with Gasteiger partial charge in [-0.05, 0) is 43.2 Å². The molecule has 0 fully saturated rings. The highest BCUT2D eigenvalue weighted by molar-refractivity contribution is 7.11. The molecule has 2 aromatic rings. The number of anilines is 1. The Kier molecular flexibility index (Phi) is 5.05. The number of aryl methyl sites for hydroxylation is 1. The topological polar surface area (TPSA) is 32.3 Å². The molecular formula is C20H24N2OS. The van der Waals surface area contributed by atoms with Gasteiger partial charge < -0.3 is 10.2 Å². The lowest BCUT2D eigenvalue weighted by atomic mass is 10.0. The zero-order chi connectivity index (χ0) is 17.1. The summed E-state index contributed by atoms with van der Waals surface area (Å²) in [5, 5.41) is 3.42. The van der Waals surface area contributed by atoms with Crippen molar-refractivity contribution in [2.24, 2.45) is 5.92 Å². The molecule has 0 unspecified atom stereocenters. The Balaban J connectivity index is 1.69. The van der Waals surface area contributed by atoms with Crippen LogP contribution >= 0.6 is 11.3 Å². The molecule has 3 rings (SSSR count). The number of amides is 1. The standard InChI is InChI=1S/C20H24N2OS/c1-14(2)19-8-5-11-22(19)20(23)16-6-4-7-17(12-16)21-13-18-10-9-15(3)24-18/h4-10,12,14,19,21H,11,13H2,1-3H3/t19-/m1/s1. The van der Waals surface area contributed by atoms with Crippen molar-refractivity contribution in [2.75, 3.05) is 11.9 Å². The van der Waals surface area contributed by atoms with E-state index < -0.39 is 0 Å². The average Bonchev–Trinajstić information content (AvgIpc) is 3.21. The lowest BCUT2D eigenvalue weighted by Crippen LogP contribution is -2.39. The Morgan fingerprint density at radius 3 is 2.88 bits per heavy atom. The first-order chi connectivity index (χ1) is 11.5. The predicted molar refractivity (Wildman–Crippen MR) is 102 cm³/mol. The van der Waals surface area contributed by atoms with Gasteiger partial charge in [-0.1, -0.05) is 32.1 Å². The molecule has 0 radical (unpaired) electrons. The van der Waals surface area contributed by atoms with Crippen LogP contribution in [0.25, 0.3) is 0 Å². The number of carbonyl (C=O) groups is 1. The summed E-state index contributed by atoms with van der Waals surface area (Å²) >= 11 is 1.80. The molecule has 4 heteroatoms. The summed E-state index contributed by atoms with van der Waals surface area (Å²) in [5.74, 6) is 0.533. The van der Waals surface area contributed by atoms with Crippen molar-refractivity contribution in [3.8, 4) is 0 Å². The van der Waals surface area contributed by atoms with Crippen LogP contribution in [0.5, 0.6) is 0 Å². The van der Waals surface area contributed by atoms with Gasteiger partial charge in [0.25, 0.3) is 5.91 Å². The van der Waals surface area contributed by atoms with E-state index in [0.717, 1.165) is 17.8 Å². The molecule has 1 N–H and O–H groups in total. The van der Waals surface area contributed by atoms with Crippen LogP contribution in [-0.4, -0.2) is 23.4 Å². The van der Waals surface area contributed by atoms with Crippen LogP contribution in [0.4, 0.5) is 5.69 Å². The molecule has 0 aliphatic carbocycles. The van der Waals surface area contributed by atoms with Crippen molar-refractivity contribution < 1.29 is 4.79 Å². The molecule has 1 aromatic carbocycles. The SMILES string of the molecule is Cc1ccc(CNc2cccc(C(=O)N3CC=C[C@@H]3C(C)C)c2)s1. The van der Waals surface area contributed by atoms with E-state index in [1.54, 1.807) is 11.3 Å². The summed E-state index contributed by atoms with van der Waals surface area (Å²) in [4.78, 5) is 17.4. The van der Waals surface area contributed by atoms with Crippen molar-refractivity contribution >= 4 is 22.9 Å². The second kappa shape index (κ2) is 7.22. The lowest BCUT2D eigenvalue weighted by molar-refractivity contribution is 0.0720. The van der Waals surface area contributed by atoms with Crippen LogP contribution in [0.15, 0.2) is 48.6 Å². The van der Waals surface area contributed by atoms with Crippen molar-refractivity contribution in [1.29, 1.82) is 0 Å². The predicted octanol–water partition coefficient (Wildman–Crippen LogP) is 4.71. The first kappa shape index (κ1) is 16.8. The summed E-state index contributed by atoms with van der Waals surface area (Å²) in [5.41, 5.74) is 1.73. The quantitative estimate of drug-likeness (QED) is 0.800. The third kappa shape index (κ3) is 3.70. The lowest BCUT2D eigenvalue weighted by Gasteiger charge is -2.27. The molecular weight excluding hydrogens is 316 g/mol. The normalized spacial score (nSPS) is 16.8. The number of hydrogen-bond acceptors (Lipinski definition) is 3. The molecule has 1 aliphatic rings. The van der Waals surface area contributed by atoms with Crippen LogP contribution in [0, 0.1) is 12.8 Å². The number of nitrogens with one attached hydrogen (secondary N) is 1. The van der Waals surface area contributed by atoms with E-state index in [4.69, 9.17) is 0 Å². The van der Waals surface area contributed by atoms with Gasteiger partial charge in [-0.3, -0.25) is 4.79 Å². The van der Waals surface area contributed by atoms with E-state index in [2.05, 4.69) is 50.4 Å². The number of benzene rings is 1. The molecule has 0 saturated carbocycles. The largest absolute Gasteiger partial charge is 0.380 e. The highest BCUT2D eigenvalue weighted by Crippen LogP contribution is 2.22. The molecule has 1 amide bonds. The zero-order valence-electron chi connectivity index (χ0n) is 14.5. The van der Waals surface area contributed by atoms with Gasteiger partial charge in [0.1, 0.15) is 0 Å². The maximum absolute atomic E-state index is 12.9. The van der Waals surface area contributed by atoms with Crippen LogP contribution in [-0.2, 0) is 6.54 Å².